The van der Waals surface area contributed by atoms with Crippen LogP contribution in [0.1, 0.15) is 5.82 Å². The number of aromatic nitrogens is 4. The van der Waals surface area contributed by atoms with E-state index in [2.05, 4.69) is 20.2 Å². The quantitative estimate of drug-likeness (QED) is 0.561. The highest BCUT2D eigenvalue weighted by Gasteiger charge is 2.11. The van der Waals surface area contributed by atoms with Gasteiger partial charge >= 0.3 is 0 Å². The molecule has 3 aromatic heterocycles. The molecule has 0 amide bonds. The fraction of sp³-hybridized carbons (Fsp3) is 0.0667. The van der Waals surface area contributed by atoms with E-state index in [1.165, 1.54) is 35.2 Å². The number of aromatic amines is 1. The van der Waals surface area contributed by atoms with E-state index in [1.54, 1.807) is 12.1 Å². The normalized spacial score (nSPS) is 11.2. The molecule has 24 heavy (non-hydrogen) atoms. The Bertz CT molecular complexity index is 1060. The largest absolute Gasteiger partial charge is 0.411 e. The summed E-state index contributed by atoms with van der Waals surface area (Å²) in [7, 11) is 0. The molecular formula is C15H9FN4O2S2. The van der Waals surface area contributed by atoms with Crippen LogP contribution >= 0.6 is 23.1 Å². The van der Waals surface area contributed by atoms with Gasteiger partial charge in [-0.15, -0.1) is 21.5 Å². The van der Waals surface area contributed by atoms with Crippen LogP contribution < -0.4 is 5.56 Å². The van der Waals surface area contributed by atoms with Crippen LogP contribution in [0.25, 0.3) is 21.7 Å². The van der Waals surface area contributed by atoms with Gasteiger partial charge in [-0.1, -0.05) is 11.8 Å². The molecule has 1 N–H and O–H groups in total. The average Bonchev–Trinajstić information content (AvgIpc) is 3.23. The van der Waals surface area contributed by atoms with E-state index in [1.807, 2.05) is 11.4 Å². The van der Waals surface area contributed by atoms with Gasteiger partial charge in [0.15, 0.2) is 0 Å². The van der Waals surface area contributed by atoms with E-state index in [0.717, 1.165) is 0 Å². The Labute approximate surface area is 142 Å². The zero-order chi connectivity index (χ0) is 16.5. The van der Waals surface area contributed by atoms with Gasteiger partial charge < -0.3 is 9.40 Å². The summed E-state index contributed by atoms with van der Waals surface area (Å²) in [4.78, 5) is 19.0. The summed E-state index contributed by atoms with van der Waals surface area (Å²) < 4.78 is 19.1. The molecule has 0 bridgehead atoms. The van der Waals surface area contributed by atoms with E-state index < -0.39 is 0 Å². The summed E-state index contributed by atoms with van der Waals surface area (Å²) in [6.45, 7) is 0. The van der Waals surface area contributed by atoms with E-state index >= 15 is 0 Å². The van der Waals surface area contributed by atoms with Gasteiger partial charge in [-0.25, -0.2) is 9.37 Å². The van der Waals surface area contributed by atoms with Crippen LogP contribution in [0.5, 0.6) is 0 Å². The summed E-state index contributed by atoms with van der Waals surface area (Å²) in [5, 5.41) is 10.1. The molecule has 0 saturated carbocycles. The molecule has 0 aliphatic carbocycles. The Morgan fingerprint density at radius 3 is 2.88 bits per heavy atom. The van der Waals surface area contributed by atoms with Crippen LogP contribution in [0, 0.1) is 5.82 Å². The minimum atomic E-state index is -0.327. The molecule has 9 heteroatoms. The first-order chi connectivity index (χ1) is 11.7. The Morgan fingerprint density at radius 1 is 1.21 bits per heavy atom. The minimum Gasteiger partial charge on any atom is -0.411 e. The number of nitrogens with one attached hydrogen (secondary N) is 1. The maximum Gasteiger partial charge on any atom is 0.277 e. The van der Waals surface area contributed by atoms with Gasteiger partial charge in [0.2, 0.25) is 5.89 Å². The van der Waals surface area contributed by atoms with Crippen molar-refractivity contribution in [3.8, 4) is 11.5 Å². The molecule has 0 aliphatic rings. The van der Waals surface area contributed by atoms with Gasteiger partial charge in [-0.05, 0) is 35.7 Å². The second-order valence-electron chi connectivity index (χ2n) is 4.82. The highest BCUT2D eigenvalue weighted by atomic mass is 32.2. The van der Waals surface area contributed by atoms with Crippen molar-refractivity contribution in [1.82, 2.24) is 20.2 Å². The molecule has 120 valence electrons. The van der Waals surface area contributed by atoms with Crippen LogP contribution in [0.4, 0.5) is 4.39 Å². The first-order valence-electron chi connectivity index (χ1n) is 6.88. The summed E-state index contributed by atoms with van der Waals surface area (Å²) in [5.41, 5.74) is 1.17. The highest BCUT2D eigenvalue weighted by molar-refractivity contribution is 7.98. The number of hydrogen-bond acceptors (Lipinski definition) is 7. The van der Waals surface area contributed by atoms with Gasteiger partial charge in [-0.3, -0.25) is 4.79 Å². The first kappa shape index (κ1) is 15.0. The molecule has 0 atom stereocenters. The Hall–Kier alpha value is -2.52. The fourth-order valence-electron chi connectivity index (χ4n) is 2.10. The molecule has 6 nitrogen and oxygen atoms in total. The van der Waals surface area contributed by atoms with Crippen LogP contribution in [-0.4, -0.2) is 20.2 Å². The molecule has 0 saturated heterocycles. The second-order valence-corrected chi connectivity index (χ2v) is 6.66. The number of rotatable bonds is 4. The molecule has 4 rings (SSSR count). The number of nitrogens with zero attached hydrogens (tertiary/aromatic N) is 3. The Kier molecular flexibility index (Phi) is 3.87. The number of benzene rings is 1. The molecule has 0 fully saturated rings. The van der Waals surface area contributed by atoms with Gasteiger partial charge in [0.1, 0.15) is 16.3 Å². The highest BCUT2D eigenvalue weighted by Crippen LogP contribution is 2.25. The van der Waals surface area contributed by atoms with Crippen molar-refractivity contribution in [3.05, 3.63) is 57.7 Å². The molecular weight excluding hydrogens is 351 g/mol. The Morgan fingerprint density at radius 2 is 2.04 bits per heavy atom. The molecule has 1 aromatic carbocycles. The fourth-order valence-corrected chi connectivity index (χ4v) is 3.46. The maximum atomic E-state index is 12.9. The number of H-pyrrole nitrogens is 1. The SMILES string of the molecule is O=c1[nH]c(CSc2nnc(-c3ccc(F)cc3)o2)nc2ccsc12. The number of thiophene rings is 1. The van der Waals surface area contributed by atoms with Crippen LogP contribution in [0.2, 0.25) is 0 Å². The van der Waals surface area contributed by atoms with Crippen LogP contribution in [0.3, 0.4) is 0 Å². The lowest BCUT2D eigenvalue weighted by Crippen LogP contribution is -2.09. The van der Waals surface area contributed by atoms with E-state index in [4.69, 9.17) is 4.42 Å². The predicted molar refractivity (Wildman–Crippen MR) is 89.5 cm³/mol. The minimum absolute atomic E-state index is 0.150. The van der Waals surface area contributed by atoms with Gasteiger partial charge in [0.25, 0.3) is 10.8 Å². The number of hydrogen-bond donors (Lipinski definition) is 1. The summed E-state index contributed by atoms with van der Waals surface area (Å²) in [5.74, 6) is 0.919. The van der Waals surface area contributed by atoms with Crippen LogP contribution in [0.15, 0.2) is 50.1 Å². The van der Waals surface area contributed by atoms with Crippen molar-refractivity contribution < 1.29 is 8.81 Å². The summed E-state index contributed by atoms with van der Waals surface area (Å²) >= 11 is 2.63. The van der Waals surface area contributed by atoms with E-state index in [0.29, 0.717) is 38.5 Å². The van der Waals surface area contributed by atoms with Gasteiger partial charge in [0, 0.05) is 5.56 Å². The van der Waals surface area contributed by atoms with Crippen molar-refractivity contribution >= 4 is 33.3 Å². The maximum absolute atomic E-state index is 12.9. The third-order valence-corrected chi connectivity index (χ3v) is 4.93. The standard InChI is InChI=1S/C15H9FN4O2S2/c16-9-3-1-8(2-4-9)14-19-20-15(22-14)24-7-11-17-10-5-6-23-12(10)13(21)18-11/h1-6H,7H2,(H,17,18,21). The number of halogens is 1. The lowest BCUT2D eigenvalue weighted by molar-refractivity contribution is 0.465. The smallest absolute Gasteiger partial charge is 0.277 e. The zero-order valence-corrected chi connectivity index (χ0v) is 13.7. The van der Waals surface area contributed by atoms with Gasteiger partial charge in [-0.2, -0.15) is 0 Å². The third-order valence-electron chi connectivity index (χ3n) is 3.19. The number of thioether (sulfide) groups is 1. The van der Waals surface area contributed by atoms with Crippen molar-refractivity contribution in [2.24, 2.45) is 0 Å². The lowest BCUT2D eigenvalue weighted by Gasteiger charge is -1.98. The van der Waals surface area contributed by atoms with Crippen molar-refractivity contribution in [1.29, 1.82) is 0 Å². The van der Waals surface area contributed by atoms with E-state index in [9.17, 15) is 9.18 Å². The van der Waals surface area contributed by atoms with Crippen molar-refractivity contribution in [2.75, 3.05) is 0 Å². The zero-order valence-electron chi connectivity index (χ0n) is 12.0. The number of fused-ring (bicyclic) bond motifs is 1. The average molecular weight is 360 g/mol. The second kappa shape index (κ2) is 6.17. The molecule has 3 heterocycles. The molecule has 0 spiro atoms. The molecule has 0 unspecified atom stereocenters. The molecule has 0 radical (unpaired) electrons. The lowest BCUT2D eigenvalue weighted by atomic mass is 10.2. The molecule has 4 aromatic rings. The Balaban J connectivity index is 1.51. The summed E-state index contributed by atoms with van der Waals surface area (Å²) in [6, 6.07) is 7.61. The third kappa shape index (κ3) is 2.95. The molecule has 0 aliphatic heterocycles. The summed E-state index contributed by atoms with van der Waals surface area (Å²) in [6.07, 6.45) is 0. The van der Waals surface area contributed by atoms with E-state index in [-0.39, 0.29) is 11.4 Å². The van der Waals surface area contributed by atoms with Gasteiger partial charge in [0.05, 0.1) is 11.3 Å². The van der Waals surface area contributed by atoms with Crippen LogP contribution in [-0.2, 0) is 5.75 Å². The first-order valence-corrected chi connectivity index (χ1v) is 8.74. The predicted octanol–water partition coefficient (Wildman–Crippen LogP) is 3.47. The monoisotopic (exact) mass is 360 g/mol. The van der Waals surface area contributed by atoms with Crippen molar-refractivity contribution in [3.63, 3.8) is 0 Å². The topological polar surface area (TPSA) is 84.7 Å². The van der Waals surface area contributed by atoms with Crippen molar-refractivity contribution in [2.45, 2.75) is 11.0 Å².